The number of carbonyl (C=O) groups is 1. The average Bonchev–Trinajstić information content (AvgIpc) is 2.59. The number of hydrogen-bond donors (Lipinski definition) is 0. The van der Waals surface area contributed by atoms with Crippen LogP contribution in [0, 0.1) is 10.1 Å². The van der Waals surface area contributed by atoms with Crippen LogP contribution in [0.5, 0.6) is 5.75 Å². The van der Waals surface area contributed by atoms with E-state index in [1.807, 2.05) is 11.9 Å². The second-order valence-corrected chi connectivity index (χ2v) is 7.75. The summed E-state index contributed by atoms with van der Waals surface area (Å²) in [5, 5.41) is 11.1. The SMILES string of the molecule is CN1CCN(C(=O)COc2ccc(S(=O)(=O)C(F)(F)F)cc2[N+](=O)[O-])CC1. The first-order valence-electron chi connectivity index (χ1n) is 7.62. The smallest absolute Gasteiger partial charge is 0.477 e. The molecular formula is C14H16F3N3O6S. The molecular weight excluding hydrogens is 395 g/mol. The van der Waals surface area contributed by atoms with Crippen molar-refractivity contribution >= 4 is 21.4 Å². The third-order valence-corrected chi connectivity index (χ3v) is 5.43. The van der Waals surface area contributed by atoms with Crippen LogP contribution in [-0.4, -0.2) is 74.4 Å². The summed E-state index contributed by atoms with van der Waals surface area (Å²) in [7, 11) is -3.86. The van der Waals surface area contributed by atoms with Gasteiger partial charge in [0.25, 0.3) is 15.7 Å². The topological polar surface area (TPSA) is 110 Å². The van der Waals surface area contributed by atoms with Crippen LogP contribution < -0.4 is 4.74 Å². The Balaban J connectivity index is 2.18. The Bertz CT molecular complexity index is 835. The number of carbonyl (C=O) groups excluding carboxylic acids is 1. The molecule has 1 saturated heterocycles. The molecule has 9 nitrogen and oxygen atoms in total. The van der Waals surface area contributed by atoms with Crippen LogP contribution in [0.3, 0.4) is 0 Å². The number of piperazine rings is 1. The highest BCUT2D eigenvalue weighted by atomic mass is 32.2. The van der Waals surface area contributed by atoms with Gasteiger partial charge in [0.05, 0.1) is 9.82 Å². The van der Waals surface area contributed by atoms with Crippen molar-refractivity contribution < 1.29 is 36.0 Å². The quantitative estimate of drug-likeness (QED) is 0.526. The molecule has 0 aromatic heterocycles. The highest BCUT2D eigenvalue weighted by molar-refractivity contribution is 7.92. The van der Waals surface area contributed by atoms with Gasteiger partial charge in [-0.25, -0.2) is 8.42 Å². The molecule has 0 saturated carbocycles. The van der Waals surface area contributed by atoms with Gasteiger partial charge in [0, 0.05) is 32.2 Å². The van der Waals surface area contributed by atoms with Gasteiger partial charge >= 0.3 is 11.2 Å². The van der Waals surface area contributed by atoms with Gasteiger partial charge in [-0.05, 0) is 19.2 Å². The molecule has 0 unspecified atom stereocenters. The molecule has 1 aromatic carbocycles. The number of nitro benzene ring substituents is 1. The van der Waals surface area contributed by atoms with Crippen LogP contribution in [0.1, 0.15) is 0 Å². The predicted molar refractivity (Wildman–Crippen MR) is 85.9 cm³/mol. The fraction of sp³-hybridized carbons (Fsp3) is 0.500. The number of benzene rings is 1. The summed E-state index contributed by atoms with van der Waals surface area (Å²) < 4.78 is 65.6. The number of nitrogens with zero attached hydrogens (tertiary/aromatic N) is 3. The zero-order valence-corrected chi connectivity index (χ0v) is 14.9. The van der Waals surface area contributed by atoms with E-state index in [-0.39, 0.29) is 6.07 Å². The number of ether oxygens (including phenoxy) is 1. The summed E-state index contributed by atoms with van der Waals surface area (Å²) in [5.41, 5.74) is -6.58. The summed E-state index contributed by atoms with van der Waals surface area (Å²) in [6.45, 7) is 1.63. The Kier molecular flexibility index (Phi) is 5.94. The van der Waals surface area contributed by atoms with Crippen molar-refractivity contribution in [3.8, 4) is 5.75 Å². The monoisotopic (exact) mass is 411 g/mol. The molecule has 1 aliphatic heterocycles. The maximum absolute atomic E-state index is 12.6. The van der Waals surface area contributed by atoms with Gasteiger partial charge in [0.1, 0.15) is 0 Å². The van der Waals surface area contributed by atoms with E-state index in [1.54, 1.807) is 0 Å². The number of rotatable bonds is 5. The van der Waals surface area contributed by atoms with Crippen molar-refractivity contribution in [1.82, 2.24) is 9.80 Å². The molecule has 1 amide bonds. The summed E-state index contributed by atoms with van der Waals surface area (Å²) in [6, 6.07) is 1.54. The third-order valence-electron chi connectivity index (χ3n) is 3.95. The van der Waals surface area contributed by atoms with Gasteiger partial charge in [-0.2, -0.15) is 13.2 Å². The summed E-state index contributed by atoms with van der Waals surface area (Å²) in [6.07, 6.45) is 0. The maximum atomic E-state index is 12.6. The fourth-order valence-electron chi connectivity index (χ4n) is 2.35. The van der Waals surface area contributed by atoms with Crippen molar-refractivity contribution in [3.05, 3.63) is 28.3 Å². The van der Waals surface area contributed by atoms with E-state index in [9.17, 15) is 36.5 Å². The van der Waals surface area contributed by atoms with E-state index >= 15 is 0 Å². The Morgan fingerprint density at radius 1 is 1.26 bits per heavy atom. The molecule has 27 heavy (non-hydrogen) atoms. The van der Waals surface area contributed by atoms with Crippen LogP contribution in [0.2, 0.25) is 0 Å². The van der Waals surface area contributed by atoms with Crippen LogP contribution in [-0.2, 0) is 14.6 Å². The first-order valence-corrected chi connectivity index (χ1v) is 9.10. The van der Waals surface area contributed by atoms with Gasteiger partial charge in [-0.1, -0.05) is 0 Å². The standard InChI is InChI=1S/C14H16F3N3O6S/c1-18-4-6-19(7-5-18)13(21)9-26-12-3-2-10(8-11(12)20(22)23)27(24,25)14(15,16)17/h2-3,8H,4-7,9H2,1H3. The number of likely N-dealkylation sites (N-methyl/N-ethyl adjacent to an activating group) is 1. The number of hydrogen-bond acceptors (Lipinski definition) is 7. The van der Waals surface area contributed by atoms with Gasteiger partial charge in [-0.15, -0.1) is 0 Å². The van der Waals surface area contributed by atoms with Gasteiger partial charge in [-0.3, -0.25) is 14.9 Å². The summed E-state index contributed by atoms with van der Waals surface area (Å²) in [5.74, 6) is -0.937. The average molecular weight is 411 g/mol. The minimum absolute atomic E-state index is 0.262. The third kappa shape index (κ3) is 4.66. The number of alkyl halides is 3. The van der Waals surface area contributed by atoms with Crippen LogP contribution in [0.15, 0.2) is 23.1 Å². The number of amides is 1. The second kappa shape index (κ2) is 7.68. The predicted octanol–water partition coefficient (Wildman–Crippen LogP) is 1.04. The maximum Gasteiger partial charge on any atom is 0.501 e. The Hall–Kier alpha value is -2.41. The lowest BCUT2D eigenvalue weighted by molar-refractivity contribution is -0.386. The molecule has 0 N–H and O–H groups in total. The van der Waals surface area contributed by atoms with E-state index in [0.29, 0.717) is 32.2 Å². The summed E-state index contributed by atoms with van der Waals surface area (Å²) in [4.78, 5) is 24.3. The largest absolute Gasteiger partial charge is 0.501 e. The van der Waals surface area contributed by atoms with Crippen LogP contribution in [0.4, 0.5) is 18.9 Å². The zero-order valence-electron chi connectivity index (χ0n) is 14.1. The van der Waals surface area contributed by atoms with E-state index in [2.05, 4.69) is 0 Å². The molecule has 0 atom stereocenters. The lowest BCUT2D eigenvalue weighted by Gasteiger charge is -2.32. The molecule has 0 bridgehead atoms. The minimum atomic E-state index is -5.74. The first-order chi connectivity index (χ1) is 12.4. The molecule has 1 heterocycles. The first kappa shape index (κ1) is 20.9. The van der Waals surface area contributed by atoms with E-state index in [1.165, 1.54) is 4.90 Å². The molecule has 1 fully saturated rings. The highest BCUT2D eigenvalue weighted by Gasteiger charge is 2.47. The van der Waals surface area contributed by atoms with E-state index < -0.39 is 49.1 Å². The highest BCUT2D eigenvalue weighted by Crippen LogP contribution is 2.35. The van der Waals surface area contributed by atoms with E-state index in [0.717, 1.165) is 6.07 Å². The van der Waals surface area contributed by atoms with Gasteiger partial charge < -0.3 is 14.5 Å². The molecule has 2 rings (SSSR count). The lowest BCUT2D eigenvalue weighted by Crippen LogP contribution is -2.48. The van der Waals surface area contributed by atoms with E-state index in [4.69, 9.17) is 4.74 Å². The molecule has 0 radical (unpaired) electrons. The Labute approximate surface area is 152 Å². The Morgan fingerprint density at radius 3 is 2.37 bits per heavy atom. The molecule has 0 spiro atoms. The zero-order chi connectivity index (χ0) is 20.4. The van der Waals surface area contributed by atoms with Gasteiger partial charge in [0.2, 0.25) is 0 Å². The van der Waals surface area contributed by atoms with Crippen molar-refractivity contribution in [1.29, 1.82) is 0 Å². The van der Waals surface area contributed by atoms with Crippen LogP contribution >= 0.6 is 0 Å². The second-order valence-electron chi connectivity index (χ2n) is 5.81. The molecule has 150 valence electrons. The fourth-order valence-corrected chi connectivity index (χ4v) is 3.13. The van der Waals surface area contributed by atoms with Crippen molar-refractivity contribution in [2.45, 2.75) is 10.4 Å². The number of halogens is 3. The molecule has 1 aliphatic rings. The van der Waals surface area contributed by atoms with Crippen molar-refractivity contribution in [2.75, 3.05) is 39.8 Å². The normalized spacial score (nSPS) is 16.2. The number of sulfone groups is 1. The van der Waals surface area contributed by atoms with Crippen molar-refractivity contribution in [2.24, 2.45) is 0 Å². The Morgan fingerprint density at radius 2 is 1.85 bits per heavy atom. The minimum Gasteiger partial charge on any atom is -0.477 e. The van der Waals surface area contributed by atoms with Crippen molar-refractivity contribution in [3.63, 3.8) is 0 Å². The van der Waals surface area contributed by atoms with Gasteiger partial charge in [0.15, 0.2) is 12.4 Å². The molecule has 1 aromatic rings. The molecule has 0 aliphatic carbocycles. The number of nitro groups is 1. The summed E-state index contributed by atoms with van der Waals surface area (Å²) >= 11 is 0. The molecule has 13 heteroatoms. The lowest BCUT2D eigenvalue weighted by atomic mass is 10.3. The van der Waals surface area contributed by atoms with Crippen LogP contribution in [0.25, 0.3) is 0 Å².